The predicted octanol–water partition coefficient (Wildman–Crippen LogP) is 3.48. The zero-order valence-corrected chi connectivity index (χ0v) is 17.2. The SMILES string of the molecule is CC1(CCOc2ccc(CC3SC(=O)NC3=O)cc2)CC(=O)c2cc(O)ccc2O1. The number of carbonyl (C=O) groups excluding carboxylic acids is 3. The van der Waals surface area contributed by atoms with E-state index >= 15 is 0 Å². The van der Waals surface area contributed by atoms with E-state index in [2.05, 4.69) is 5.32 Å². The van der Waals surface area contributed by atoms with Crippen LogP contribution in [0.4, 0.5) is 4.79 Å². The summed E-state index contributed by atoms with van der Waals surface area (Å²) in [5.74, 6) is 0.876. The fraction of sp³-hybridized carbons (Fsp3) is 0.318. The molecule has 7 nitrogen and oxygen atoms in total. The van der Waals surface area contributed by atoms with Gasteiger partial charge in [-0.1, -0.05) is 23.9 Å². The molecular weight excluding hydrogens is 406 g/mol. The van der Waals surface area contributed by atoms with Gasteiger partial charge in [0.05, 0.1) is 23.8 Å². The number of phenolic OH excluding ortho intramolecular Hbond substituents is 1. The summed E-state index contributed by atoms with van der Waals surface area (Å²) in [6, 6.07) is 11.9. The fourth-order valence-electron chi connectivity index (χ4n) is 3.55. The Bertz CT molecular complexity index is 1010. The van der Waals surface area contributed by atoms with Gasteiger partial charge in [0.2, 0.25) is 5.91 Å². The number of fused-ring (bicyclic) bond motifs is 1. The lowest BCUT2D eigenvalue weighted by molar-refractivity contribution is -0.118. The molecule has 156 valence electrons. The van der Waals surface area contributed by atoms with Gasteiger partial charge in [-0.25, -0.2) is 0 Å². The Morgan fingerprint density at radius 2 is 1.97 bits per heavy atom. The topological polar surface area (TPSA) is 102 Å². The molecule has 2 aromatic rings. The van der Waals surface area contributed by atoms with Crippen LogP contribution in [0.2, 0.25) is 0 Å². The highest BCUT2D eigenvalue weighted by atomic mass is 32.2. The monoisotopic (exact) mass is 427 g/mol. The highest BCUT2D eigenvalue weighted by Gasteiger charge is 2.36. The quantitative estimate of drug-likeness (QED) is 0.728. The van der Waals surface area contributed by atoms with Crippen LogP contribution < -0.4 is 14.8 Å². The maximum atomic E-state index is 12.4. The van der Waals surface area contributed by atoms with Gasteiger partial charge in [0.1, 0.15) is 22.8 Å². The van der Waals surface area contributed by atoms with E-state index < -0.39 is 10.9 Å². The van der Waals surface area contributed by atoms with Crippen LogP contribution in [0, 0.1) is 0 Å². The van der Waals surface area contributed by atoms with Crippen molar-refractivity contribution in [2.45, 2.75) is 37.0 Å². The van der Waals surface area contributed by atoms with Crippen LogP contribution in [0.3, 0.4) is 0 Å². The maximum absolute atomic E-state index is 12.4. The van der Waals surface area contributed by atoms with Crippen molar-refractivity contribution in [2.24, 2.45) is 0 Å². The number of ketones is 1. The molecule has 2 heterocycles. The van der Waals surface area contributed by atoms with E-state index in [-0.39, 0.29) is 29.1 Å². The first-order valence-electron chi connectivity index (χ1n) is 9.60. The second kappa shape index (κ2) is 8.02. The molecule has 2 atom stereocenters. The number of thioether (sulfide) groups is 1. The molecule has 8 heteroatoms. The van der Waals surface area contributed by atoms with Gasteiger partial charge < -0.3 is 14.6 Å². The second-order valence-corrected chi connectivity index (χ2v) is 8.84. The minimum atomic E-state index is -0.680. The van der Waals surface area contributed by atoms with E-state index in [1.807, 2.05) is 31.2 Å². The van der Waals surface area contributed by atoms with Gasteiger partial charge in [0, 0.05) is 6.42 Å². The summed E-state index contributed by atoms with van der Waals surface area (Å²) in [5, 5.41) is 11.2. The Morgan fingerprint density at radius 3 is 2.67 bits per heavy atom. The number of benzene rings is 2. The molecule has 2 unspecified atom stereocenters. The van der Waals surface area contributed by atoms with Gasteiger partial charge in [0.25, 0.3) is 5.24 Å². The third-order valence-corrected chi connectivity index (χ3v) is 6.15. The van der Waals surface area contributed by atoms with E-state index in [1.165, 1.54) is 12.1 Å². The highest BCUT2D eigenvalue weighted by molar-refractivity contribution is 8.15. The van der Waals surface area contributed by atoms with Crippen molar-refractivity contribution in [3.8, 4) is 17.2 Å². The average Bonchev–Trinajstić information content (AvgIpc) is 3.00. The summed E-state index contributed by atoms with van der Waals surface area (Å²) in [5.41, 5.74) is 0.665. The summed E-state index contributed by atoms with van der Waals surface area (Å²) in [4.78, 5) is 35.4. The Labute approximate surface area is 177 Å². The maximum Gasteiger partial charge on any atom is 0.286 e. The number of ether oxygens (including phenoxy) is 2. The molecule has 0 saturated carbocycles. The van der Waals surface area contributed by atoms with Crippen LogP contribution in [0.1, 0.15) is 35.7 Å². The molecule has 4 rings (SSSR count). The molecule has 0 spiro atoms. The molecule has 2 amide bonds. The Morgan fingerprint density at radius 1 is 1.20 bits per heavy atom. The van der Waals surface area contributed by atoms with Gasteiger partial charge in [-0.2, -0.15) is 0 Å². The lowest BCUT2D eigenvalue weighted by Crippen LogP contribution is -2.40. The van der Waals surface area contributed by atoms with Crippen LogP contribution in [0.25, 0.3) is 0 Å². The normalized spacial score (nSPS) is 23.0. The molecule has 2 aliphatic heterocycles. The highest BCUT2D eigenvalue weighted by Crippen LogP contribution is 2.36. The second-order valence-electron chi connectivity index (χ2n) is 7.66. The number of Topliss-reactive ketones (excluding diaryl/α,β-unsaturated/α-hetero) is 1. The van der Waals surface area contributed by atoms with Crippen molar-refractivity contribution >= 4 is 28.7 Å². The van der Waals surface area contributed by atoms with E-state index in [4.69, 9.17) is 9.47 Å². The number of hydrogen-bond acceptors (Lipinski definition) is 7. The van der Waals surface area contributed by atoms with Crippen molar-refractivity contribution < 1.29 is 29.0 Å². The summed E-state index contributed by atoms with van der Waals surface area (Å²) >= 11 is 1.01. The van der Waals surface area contributed by atoms with Crippen LogP contribution in [-0.4, -0.2) is 39.5 Å². The molecule has 2 aliphatic rings. The van der Waals surface area contributed by atoms with E-state index in [0.29, 0.717) is 36.5 Å². The number of hydrogen-bond donors (Lipinski definition) is 2. The Hall–Kier alpha value is -3.00. The predicted molar refractivity (Wildman–Crippen MR) is 111 cm³/mol. The first kappa shape index (κ1) is 20.3. The van der Waals surface area contributed by atoms with Gasteiger partial charge in [-0.15, -0.1) is 0 Å². The van der Waals surface area contributed by atoms with Crippen molar-refractivity contribution in [1.82, 2.24) is 5.32 Å². The first-order valence-corrected chi connectivity index (χ1v) is 10.5. The number of phenols is 1. The molecule has 2 aromatic carbocycles. The number of aromatic hydroxyl groups is 1. The molecule has 0 radical (unpaired) electrons. The van der Waals surface area contributed by atoms with Gasteiger partial charge in [0.15, 0.2) is 5.78 Å². The zero-order valence-electron chi connectivity index (χ0n) is 16.3. The number of amides is 2. The number of nitrogens with one attached hydrogen (secondary N) is 1. The van der Waals surface area contributed by atoms with Gasteiger partial charge in [-0.05, 0) is 49.2 Å². The van der Waals surface area contributed by atoms with Gasteiger partial charge in [-0.3, -0.25) is 19.7 Å². The lowest BCUT2D eigenvalue weighted by atomic mass is 9.89. The van der Waals surface area contributed by atoms with Crippen LogP contribution in [0.5, 0.6) is 17.2 Å². The molecule has 2 N–H and O–H groups in total. The smallest absolute Gasteiger partial charge is 0.286 e. The lowest BCUT2D eigenvalue weighted by Gasteiger charge is -2.34. The summed E-state index contributed by atoms with van der Waals surface area (Å²) in [6.07, 6.45) is 1.21. The molecule has 0 aliphatic carbocycles. The number of carbonyl (C=O) groups is 3. The fourth-order valence-corrected chi connectivity index (χ4v) is 4.41. The van der Waals surface area contributed by atoms with E-state index in [0.717, 1.165) is 17.3 Å². The van der Waals surface area contributed by atoms with Crippen LogP contribution >= 0.6 is 11.8 Å². The third kappa shape index (κ3) is 4.43. The molecule has 0 bridgehead atoms. The molecule has 0 aromatic heterocycles. The molecule has 1 fully saturated rings. The average molecular weight is 427 g/mol. The van der Waals surface area contributed by atoms with E-state index in [1.54, 1.807) is 6.07 Å². The van der Waals surface area contributed by atoms with E-state index in [9.17, 15) is 19.5 Å². The minimum Gasteiger partial charge on any atom is -0.508 e. The van der Waals surface area contributed by atoms with Crippen LogP contribution in [0.15, 0.2) is 42.5 Å². The number of rotatable bonds is 6. The van der Waals surface area contributed by atoms with Crippen molar-refractivity contribution in [1.29, 1.82) is 0 Å². The third-order valence-electron chi connectivity index (χ3n) is 5.17. The van der Waals surface area contributed by atoms with Crippen LogP contribution in [-0.2, 0) is 11.2 Å². The largest absolute Gasteiger partial charge is 0.508 e. The summed E-state index contributed by atoms with van der Waals surface area (Å²) < 4.78 is 11.8. The molecular formula is C22H21NO6S. The standard InChI is InChI=1S/C22H21NO6S/c1-22(12-17(25)16-11-14(24)4-7-18(16)29-22)8-9-28-15-5-2-13(3-6-15)10-19-20(26)23-21(27)30-19/h2-7,11,19,24H,8-10,12H2,1H3,(H,23,26,27). The Kier molecular flexibility index (Phi) is 5.42. The van der Waals surface area contributed by atoms with Crippen molar-refractivity contribution in [2.75, 3.05) is 6.61 Å². The summed E-state index contributed by atoms with van der Waals surface area (Å²) in [7, 11) is 0. The molecule has 30 heavy (non-hydrogen) atoms. The zero-order chi connectivity index (χ0) is 21.3. The first-order chi connectivity index (χ1) is 14.3. The van der Waals surface area contributed by atoms with Gasteiger partial charge >= 0.3 is 0 Å². The Balaban J connectivity index is 1.31. The minimum absolute atomic E-state index is 0.0415. The molecule has 1 saturated heterocycles. The van der Waals surface area contributed by atoms with Crippen molar-refractivity contribution in [3.63, 3.8) is 0 Å². The summed E-state index contributed by atoms with van der Waals surface area (Å²) in [6.45, 7) is 2.24. The van der Waals surface area contributed by atoms with Crippen molar-refractivity contribution in [3.05, 3.63) is 53.6 Å². The number of imide groups is 1.